The van der Waals surface area contributed by atoms with Crippen LogP contribution in [0.25, 0.3) is 0 Å². The number of rotatable bonds is 4. The largest absolute Gasteiger partial charge is 0.507 e. The second kappa shape index (κ2) is 7.79. The molecule has 0 spiro atoms. The summed E-state index contributed by atoms with van der Waals surface area (Å²) in [6.07, 6.45) is 0. The van der Waals surface area contributed by atoms with Crippen LogP contribution in [0.4, 0.5) is 5.69 Å². The molecule has 0 aliphatic carbocycles. The molecule has 0 aliphatic rings. The van der Waals surface area contributed by atoms with Gasteiger partial charge in [-0.05, 0) is 62.3 Å². The molecule has 24 heavy (non-hydrogen) atoms. The predicted molar refractivity (Wildman–Crippen MR) is 102 cm³/mol. The van der Waals surface area contributed by atoms with Crippen LogP contribution in [0.1, 0.15) is 23.6 Å². The Hall–Kier alpha value is -2.60. The topological polar surface area (TPSA) is 65.9 Å². The fourth-order valence-electron chi connectivity index (χ4n) is 2.18. The Morgan fingerprint density at radius 3 is 2.62 bits per heavy atom. The van der Waals surface area contributed by atoms with Crippen molar-refractivity contribution < 1.29 is 9.84 Å². The average molecular weight is 343 g/mol. The summed E-state index contributed by atoms with van der Waals surface area (Å²) >= 11 is 5.27. The van der Waals surface area contributed by atoms with Gasteiger partial charge in [-0.3, -0.25) is 5.43 Å². The maximum absolute atomic E-state index is 10.0. The summed E-state index contributed by atoms with van der Waals surface area (Å²) in [4.78, 5) is 0. The van der Waals surface area contributed by atoms with Crippen molar-refractivity contribution in [3.63, 3.8) is 0 Å². The van der Waals surface area contributed by atoms with Crippen LogP contribution in [0, 0.1) is 13.8 Å². The number of methoxy groups -OCH3 is 1. The number of hydrogen-bond donors (Lipinski definition) is 3. The number of nitrogens with zero attached hydrogens (tertiary/aromatic N) is 1. The molecule has 5 nitrogen and oxygen atoms in total. The zero-order valence-corrected chi connectivity index (χ0v) is 15.0. The van der Waals surface area contributed by atoms with Gasteiger partial charge in [0.05, 0.1) is 12.8 Å². The highest BCUT2D eigenvalue weighted by Gasteiger charge is 2.07. The van der Waals surface area contributed by atoms with E-state index in [9.17, 15) is 5.11 Å². The van der Waals surface area contributed by atoms with Crippen molar-refractivity contribution in [1.82, 2.24) is 5.43 Å². The first-order chi connectivity index (χ1) is 11.4. The molecule has 0 bridgehead atoms. The summed E-state index contributed by atoms with van der Waals surface area (Å²) in [5.41, 5.74) is 7.28. The lowest BCUT2D eigenvalue weighted by Gasteiger charge is -2.12. The summed E-state index contributed by atoms with van der Waals surface area (Å²) in [6.45, 7) is 5.87. The van der Waals surface area contributed by atoms with Crippen molar-refractivity contribution in [2.45, 2.75) is 20.8 Å². The molecule has 3 N–H and O–H groups in total. The van der Waals surface area contributed by atoms with E-state index in [4.69, 9.17) is 17.0 Å². The molecule has 6 heteroatoms. The minimum atomic E-state index is 0.103. The van der Waals surface area contributed by atoms with Crippen LogP contribution in [0.3, 0.4) is 0 Å². The molecule has 0 atom stereocenters. The Morgan fingerprint density at radius 1 is 1.21 bits per heavy atom. The van der Waals surface area contributed by atoms with Crippen molar-refractivity contribution in [3.8, 4) is 11.5 Å². The molecule has 0 fully saturated rings. The van der Waals surface area contributed by atoms with Crippen LogP contribution in [0.5, 0.6) is 11.5 Å². The minimum absolute atomic E-state index is 0.103. The monoisotopic (exact) mass is 343 g/mol. The van der Waals surface area contributed by atoms with Crippen molar-refractivity contribution in [3.05, 3.63) is 53.1 Å². The number of benzene rings is 2. The third-order valence-electron chi connectivity index (χ3n) is 3.77. The molecule has 0 saturated carbocycles. The maximum Gasteiger partial charge on any atom is 0.191 e. The average Bonchev–Trinajstić information content (AvgIpc) is 2.56. The van der Waals surface area contributed by atoms with Crippen molar-refractivity contribution >= 4 is 28.7 Å². The Balaban J connectivity index is 2.06. The molecule has 2 aromatic carbocycles. The number of phenolic OH excluding ortho intramolecular Hbond substituents is 1. The van der Waals surface area contributed by atoms with Gasteiger partial charge in [0.2, 0.25) is 0 Å². The fourth-order valence-corrected chi connectivity index (χ4v) is 2.33. The molecule has 0 amide bonds. The summed E-state index contributed by atoms with van der Waals surface area (Å²) in [5, 5.41) is 17.8. The van der Waals surface area contributed by atoms with Gasteiger partial charge in [0.15, 0.2) is 5.11 Å². The number of thiocarbonyl (C=S) groups is 1. The number of hydrogen-bond acceptors (Lipinski definition) is 4. The van der Waals surface area contributed by atoms with Crippen LogP contribution in [-0.2, 0) is 0 Å². The number of aryl methyl sites for hydroxylation is 1. The smallest absolute Gasteiger partial charge is 0.191 e. The minimum Gasteiger partial charge on any atom is -0.507 e. The highest BCUT2D eigenvalue weighted by molar-refractivity contribution is 7.80. The van der Waals surface area contributed by atoms with Gasteiger partial charge < -0.3 is 15.2 Å². The summed E-state index contributed by atoms with van der Waals surface area (Å²) < 4.78 is 5.07. The van der Waals surface area contributed by atoms with E-state index in [1.54, 1.807) is 32.2 Å². The van der Waals surface area contributed by atoms with Gasteiger partial charge in [0, 0.05) is 17.3 Å². The van der Waals surface area contributed by atoms with E-state index in [1.165, 1.54) is 5.56 Å². The van der Waals surface area contributed by atoms with Crippen molar-refractivity contribution in [1.29, 1.82) is 0 Å². The second-order valence-electron chi connectivity index (χ2n) is 5.39. The normalized spacial score (nSPS) is 11.1. The Morgan fingerprint density at radius 2 is 1.96 bits per heavy atom. The first kappa shape index (κ1) is 17.7. The molecule has 0 heterocycles. The molecule has 0 radical (unpaired) electrons. The lowest BCUT2D eigenvalue weighted by atomic mass is 10.1. The molecule has 0 aliphatic heterocycles. The van der Waals surface area contributed by atoms with E-state index < -0.39 is 0 Å². The van der Waals surface area contributed by atoms with Crippen molar-refractivity contribution in [2.75, 3.05) is 12.4 Å². The summed E-state index contributed by atoms with van der Waals surface area (Å²) in [6, 6.07) is 11.0. The van der Waals surface area contributed by atoms with Gasteiger partial charge in [-0.2, -0.15) is 5.10 Å². The summed E-state index contributed by atoms with van der Waals surface area (Å²) in [7, 11) is 1.55. The van der Waals surface area contributed by atoms with Gasteiger partial charge in [0.25, 0.3) is 0 Å². The number of hydrazone groups is 1. The second-order valence-corrected chi connectivity index (χ2v) is 5.80. The molecule has 0 saturated heterocycles. The molecule has 2 rings (SSSR count). The first-order valence-corrected chi connectivity index (χ1v) is 7.88. The standard InChI is InChI=1S/C18H21N3O2S/c1-11-6-5-7-16(12(11)2)19-18(24)21-20-13(3)15-9-8-14(23-4)10-17(15)22/h5-10,22H,1-4H3,(H2,19,21,24). The zero-order valence-electron chi connectivity index (χ0n) is 14.2. The SMILES string of the molecule is COc1ccc(C(C)=NNC(=S)Nc2cccc(C)c2C)c(O)c1. The van der Waals surface area contributed by atoms with Crippen LogP contribution >= 0.6 is 12.2 Å². The highest BCUT2D eigenvalue weighted by Crippen LogP contribution is 2.24. The third kappa shape index (κ3) is 4.23. The Bertz CT molecular complexity index is 788. The molecular formula is C18H21N3O2S. The first-order valence-electron chi connectivity index (χ1n) is 7.47. The quantitative estimate of drug-likeness (QED) is 0.448. The van der Waals surface area contributed by atoms with Crippen LogP contribution in [0.15, 0.2) is 41.5 Å². The maximum atomic E-state index is 10.0. The van der Waals surface area contributed by atoms with Gasteiger partial charge in [-0.15, -0.1) is 0 Å². The number of aromatic hydroxyl groups is 1. The number of ether oxygens (including phenoxy) is 1. The molecule has 2 aromatic rings. The lowest BCUT2D eigenvalue weighted by Crippen LogP contribution is -2.25. The van der Waals surface area contributed by atoms with Gasteiger partial charge in [-0.1, -0.05) is 12.1 Å². The summed E-state index contributed by atoms with van der Waals surface area (Å²) in [5.74, 6) is 0.690. The zero-order chi connectivity index (χ0) is 17.7. The van der Waals surface area contributed by atoms with E-state index in [0.717, 1.165) is 11.3 Å². The predicted octanol–water partition coefficient (Wildman–Crippen LogP) is 3.73. The van der Waals surface area contributed by atoms with Crippen LogP contribution in [-0.4, -0.2) is 23.0 Å². The Kier molecular flexibility index (Phi) is 5.76. The molecule has 126 valence electrons. The molecule has 0 unspecified atom stereocenters. The third-order valence-corrected chi connectivity index (χ3v) is 3.97. The fraction of sp³-hybridized carbons (Fsp3) is 0.222. The van der Waals surface area contributed by atoms with Gasteiger partial charge in [-0.25, -0.2) is 0 Å². The molecule has 0 aromatic heterocycles. The van der Waals surface area contributed by atoms with E-state index in [2.05, 4.69) is 15.8 Å². The van der Waals surface area contributed by atoms with E-state index >= 15 is 0 Å². The van der Waals surface area contributed by atoms with E-state index in [0.29, 0.717) is 22.1 Å². The number of anilines is 1. The number of nitrogens with one attached hydrogen (secondary N) is 2. The lowest BCUT2D eigenvalue weighted by molar-refractivity contribution is 0.407. The highest BCUT2D eigenvalue weighted by atomic mass is 32.1. The van der Waals surface area contributed by atoms with Gasteiger partial charge >= 0.3 is 0 Å². The van der Waals surface area contributed by atoms with Gasteiger partial charge in [0.1, 0.15) is 11.5 Å². The van der Waals surface area contributed by atoms with E-state index in [1.807, 2.05) is 32.0 Å². The Labute approximate surface area is 147 Å². The van der Waals surface area contributed by atoms with E-state index in [-0.39, 0.29) is 5.75 Å². The van der Waals surface area contributed by atoms with Crippen LogP contribution < -0.4 is 15.5 Å². The molecular weight excluding hydrogens is 322 g/mol. The number of phenols is 1. The van der Waals surface area contributed by atoms with Crippen molar-refractivity contribution in [2.24, 2.45) is 5.10 Å². The van der Waals surface area contributed by atoms with Crippen LogP contribution in [0.2, 0.25) is 0 Å².